The second-order valence-electron chi connectivity index (χ2n) is 9.43. The second kappa shape index (κ2) is 10.1. The number of likely N-dealkylation sites (N-methyl/N-ethyl adjacent to an activating group) is 1. The Labute approximate surface area is 218 Å². The van der Waals surface area contributed by atoms with Gasteiger partial charge in [0.15, 0.2) is 0 Å². The molecule has 38 heavy (non-hydrogen) atoms. The van der Waals surface area contributed by atoms with E-state index in [9.17, 15) is 18.8 Å². The monoisotopic (exact) mass is 524 g/mol. The van der Waals surface area contributed by atoms with Gasteiger partial charge in [0, 0.05) is 37.2 Å². The number of nitrogen functional groups attached to an aromatic ring is 1. The first-order valence-corrected chi connectivity index (χ1v) is 11.9. The van der Waals surface area contributed by atoms with E-state index in [1.165, 1.54) is 23.8 Å². The highest BCUT2D eigenvalue weighted by molar-refractivity contribution is 6.42. The van der Waals surface area contributed by atoms with Crippen molar-refractivity contribution in [2.75, 3.05) is 37.4 Å². The summed E-state index contributed by atoms with van der Waals surface area (Å²) in [7, 11) is 8.32. The summed E-state index contributed by atoms with van der Waals surface area (Å²) < 4.78 is 41.4. The Kier molecular flexibility index (Phi) is 7.20. The van der Waals surface area contributed by atoms with Gasteiger partial charge in [0.1, 0.15) is 31.7 Å². The number of halogens is 2. The summed E-state index contributed by atoms with van der Waals surface area (Å²) in [6.45, 7) is 5.29. The van der Waals surface area contributed by atoms with Gasteiger partial charge in [0.05, 0.1) is 34.7 Å². The van der Waals surface area contributed by atoms with Gasteiger partial charge in [0.2, 0.25) is 5.43 Å². The zero-order valence-corrected chi connectivity index (χ0v) is 21.5. The molecule has 0 amide bonds. The Bertz CT molecular complexity index is 1520. The van der Waals surface area contributed by atoms with Gasteiger partial charge in [-0.25, -0.2) is 13.6 Å². The lowest BCUT2D eigenvalue weighted by atomic mass is 9.85. The molecule has 1 saturated heterocycles. The number of ether oxygens (including phenoxy) is 2. The minimum atomic E-state index is -0.930. The predicted molar refractivity (Wildman–Crippen MR) is 140 cm³/mol. The molecule has 1 aliphatic rings. The Morgan fingerprint density at radius 2 is 1.87 bits per heavy atom. The van der Waals surface area contributed by atoms with Crippen LogP contribution in [0.3, 0.4) is 0 Å². The number of nitrogens with zero attached hydrogens (tertiary/aromatic N) is 2. The van der Waals surface area contributed by atoms with E-state index in [4.69, 9.17) is 23.1 Å². The number of aromatic nitrogens is 1. The molecule has 2 heterocycles. The van der Waals surface area contributed by atoms with Crippen LogP contribution in [-0.4, -0.2) is 56.6 Å². The molecule has 0 bridgehead atoms. The highest BCUT2D eigenvalue weighted by Crippen LogP contribution is 2.32. The van der Waals surface area contributed by atoms with Gasteiger partial charge in [-0.3, -0.25) is 9.59 Å². The first kappa shape index (κ1) is 27.1. The summed E-state index contributed by atoms with van der Waals surface area (Å²) in [6.07, 6.45) is 1.19. The van der Waals surface area contributed by atoms with Gasteiger partial charge in [0.25, 0.3) is 0 Å². The van der Waals surface area contributed by atoms with Crippen molar-refractivity contribution in [3.05, 3.63) is 57.4 Å². The molecule has 3 N–H and O–H groups in total. The average Bonchev–Trinajstić information content (AvgIpc) is 2.84. The maximum atomic E-state index is 15.5. The number of rotatable bonds is 7. The van der Waals surface area contributed by atoms with Crippen LogP contribution in [0.5, 0.6) is 0 Å². The second-order valence-corrected chi connectivity index (χ2v) is 9.43. The van der Waals surface area contributed by atoms with Gasteiger partial charge in [-0.15, -0.1) is 0 Å². The van der Waals surface area contributed by atoms with E-state index >= 15 is 4.39 Å². The van der Waals surface area contributed by atoms with E-state index in [-0.39, 0.29) is 63.3 Å². The first-order chi connectivity index (χ1) is 17.9. The topological polar surface area (TPSA) is 116 Å². The van der Waals surface area contributed by atoms with Crippen LogP contribution in [0.2, 0.25) is 0 Å². The summed E-state index contributed by atoms with van der Waals surface area (Å²) in [5.41, 5.74) is 4.62. The minimum absolute atomic E-state index is 0.00780. The van der Waals surface area contributed by atoms with Gasteiger partial charge in [-0.05, 0) is 44.6 Å². The predicted octanol–water partition coefficient (Wildman–Crippen LogP) is 1.68. The van der Waals surface area contributed by atoms with Crippen LogP contribution < -0.4 is 26.8 Å². The van der Waals surface area contributed by atoms with Crippen molar-refractivity contribution in [1.82, 2.24) is 9.88 Å². The highest BCUT2D eigenvalue weighted by atomic mass is 19.1. The number of carbonyl (C=O) groups is 2. The van der Waals surface area contributed by atoms with Crippen molar-refractivity contribution in [3.8, 4) is 5.69 Å². The Morgan fingerprint density at radius 3 is 2.47 bits per heavy atom. The van der Waals surface area contributed by atoms with E-state index in [0.29, 0.717) is 13.1 Å². The Hall–Kier alpha value is -3.93. The summed E-state index contributed by atoms with van der Waals surface area (Å²) in [5.74, 6) is -3.05. The summed E-state index contributed by atoms with van der Waals surface area (Å²) in [5, 5.41) is 2.98. The quantitative estimate of drug-likeness (QED) is 0.273. The molecule has 1 aliphatic heterocycles. The molecule has 12 heteroatoms. The van der Waals surface area contributed by atoms with Crippen LogP contribution >= 0.6 is 0 Å². The molecule has 2 radical (unpaired) electrons. The molecular formula is C26H27BF2N4O5. The van der Waals surface area contributed by atoms with Gasteiger partial charge >= 0.3 is 11.9 Å². The molecule has 0 unspecified atom stereocenters. The summed E-state index contributed by atoms with van der Waals surface area (Å²) in [4.78, 5) is 39.3. The zero-order valence-electron chi connectivity index (χ0n) is 21.5. The third-order valence-corrected chi connectivity index (χ3v) is 6.63. The zero-order chi connectivity index (χ0) is 27.9. The molecule has 0 saturated carbocycles. The molecule has 0 spiro atoms. The number of hydrogen-bond donors (Lipinski definition) is 2. The Balaban J connectivity index is 2.06. The van der Waals surface area contributed by atoms with Gasteiger partial charge in [-0.2, -0.15) is 0 Å². The number of hydrogen-bond acceptors (Lipinski definition) is 8. The number of benzene rings is 2. The number of carbonyl (C=O) groups excluding carboxylic acids is 2. The smallest absolute Gasteiger partial charge is 0.343 e. The third kappa shape index (κ3) is 4.71. The molecule has 0 aliphatic carbocycles. The summed E-state index contributed by atoms with van der Waals surface area (Å²) in [6, 6.07) is 3.36. The Morgan fingerprint density at radius 1 is 1.18 bits per heavy atom. The van der Waals surface area contributed by atoms with Crippen molar-refractivity contribution in [1.29, 1.82) is 0 Å². The lowest BCUT2D eigenvalue weighted by molar-refractivity contribution is -0.142. The normalized spacial score (nSPS) is 14.3. The van der Waals surface area contributed by atoms with Crippen molar-refractivity contribution in [2.45, 2.75) is 32.9 Å². The fourth-order valence-corrected chi connectivity index (χ4v) is 4.60. The van der Waals surface area contributed by atoms with Crippen LogP contribution in [-0.2, 0) is 20.9 Å². The van der Waals surface area contributed by atoms with E-state index < -0.39 is 29.0 Å². The molecule has 1 fully saturated rings. The SMILES string of the molecule is [B]c1c(N2CC(C)(NC)C2)c(F)cc2c(=O)c(C(=O)OCC)cn(-c3cc(N)c(F)cc3COC(C)=O)c12. The lowest BCUT2D eigenvalue weighted by Crippen LogP contribution is -2.67. The molecule has 1 aromatic heterocycles. The van der Waals surface area contributed by atoms with Crippen LogP contribution in [0, 0.1) is 11.6 Å². The molecule has 198 valence electrons. The molecular weight excluding hydrogens is 497 g/mol. The number of esters is 2. The lowest BCUT2D eigenvalue weighted by Gasteiger charge is -2.50. The summed E-state index contributed by atoms with van der Waals surface area (Å²) >= 11 is 0. The average molecular weight is 524 g/mol. The number of fused-ring (bicyclic) bond motifs is 1. The van der Waals surface area contributed by atoms with Crippen molar-refractivity contribution < 1.29 is 27.8 Å². The molecule has 3 aromatic rings. The molecule has 0 atom stereocenters. The van der Waals surface area contributed by atoms with Gasteiger partial charge in [-0.1, -0.05) is 0 Å². The van der Waals surface area contributed by atoms with Crippen LogP contribution in [0.25, 0.3) is 16.6 Å². The van der Waals surface area contributed by atoms with Crippen molar-refractivity contribution in [2.24, 2.45) is 0 Å². The number of pyridine rings is 1. The number of nitrogens with one attached hydrogen (secondary N) is 1. The van der Waals surface area contributed by atoms with Crippen LogP contribution in [0.4, 0.5) is 20.2 Å². The number of anilines is 2. The van der Waals surface area contributed by atoms with Crippen molar-refractivity contribution in [3.63, 3.8) is 0 Å². The van der Waals surface area contributed by atoms with E-state index in [2.05, 4.69) is 5.32 Å². The molecule has 9 nitrogen and oxygen atoms in total. The van der Waals surface area contributed by atoms with E-state index in [1.807, 2.05) is 6.92 Å². The van der Waals surface area contributed by atoms with Crippen LogP contribution in [0.1, 0.15) is 36.7 Å². The fraction of sp³-hybridized carbons (Fsp3) is 0.346. The standard InChI is InChI=1S/C26H27BF2N4O5/c1-5-37-25(36)16-9-33(20-8-19(30)17(28)6-14(20)10-38-13(2)34)22-15(24(16)35)7-18(29)23(21(22)27)32-11-26(3,12-32)31-4/h6-9,31H,5,10-12,30H2,1-4H3. The maximum absolute atomic E-state index is 15.5. The number of nitrogens with two attached hydrogens (primary N) is 1. The largest absolute Gasteiger partial charge is 0.462 e. The fourth-order valence-electron chi connectivity index (χ4n) is 4.60. The maximum Gasteiger partial charge on any atom is 0.343 e. The molecule has 2 aromatic carbocycles. The van der Waals surface area contributed by atoms with E-state index in [0.717, 1.165) is 12.1 Å². The third-order valence-electron chi connectivity index (χ3n) is 6.63. The first-order valence-electron chi connectivity index (χ1n) is 11.9. The van der Waals surface area contributed by atoms with Gasteiger partial charge < -0.3 is 30.0 Å². The van der Waals surface area contributed by atoms with Crippen molar-refractivity contribution >= 4 is 47.5 Å². The highest BCUT2D eigenvalue weighted by Gasteiger charge is 2.39. The molecule has 4 rings (SSSR count). The minimum Gasteiger partial charge on any atom is -0.462 e. The van der Waals surface area contributed by atoms with E-state index in [1.54, 1.807) is 18.9 Å². The van der Waals surface area contributed by atoms with Crippen LogP contribution in [0.15, 0.2) is 29.2 Å².